The Kier molecular flexibility index (Phi) is 4.86. The molecule has 0 bridgehead atoms. The largest absolute Gasteiger partial charge is 0.351 e. The lowest BCUT2D eigenvalue weighted by Gasteiger charge is -2.42. The van der Waals surface area contributed by atoms with Gasteiger partial charge in [-0.25, -0.2) is 13.6 Å². The first-order chi connectivity index (χ1) is 11.8. The topological polar surface area (TPSA) is 89.3 Å². The van der Waals surface area contributed by atoms with E-state index >= 15 is 0 Å². The minimum Gasteiger partial charge on any atom is -0.351 e. The van der Waals surface area contributed by atoms with Gasteiger partial charge in [0.15, 0.2) is 0 Å². The highest BCUT2D eigenvalue weighted by atomic mass is 35.5. The molecule has 0 atom stereocenters. The van der Waals surface area contributed by atoms with Crippen LogP contribution in [0.4, 0.5) is 0 Å². The fourth-order valence-corrected chi connectivity index (χ4v) is 4.25. The molecule has 2 aromatic rings. The summed E-state index contributed by atoms with van der Waals surface area (Å²) in [6.07, 6.45) is 3.15. The van der Waals surface area contributed by atoms with Crippen molar-refractivity contribution >= 4 is 27.5 Å². The van der Waals surface area contributed by atoms with Crippen molar-refractivity contribution in [3.05, 3.63) is 64.7 Å². The van der Waals surface area contributed by atoms with Crippen molar-refractivity contribution in [1.29, 1.82) is 0 Å². The Morgan fingerprint density at radius 2 is 1.84 bits per heavy atom. The molecule has 3 rings (SSSR count). The number of carbonyl (C=O) groups excluding carboxylic acids is 1. The summed E-state index contributed by atoms with van der Waals surface area (Å²) in [5.74, 6) is -0.344. The number of nitrogens with two attached hydrogens (primary N) is 1. The predicted octanol–water partition coefficient (Wildman–Crippen LogP) is 2.84. The lowest BCUT2D eigenvalue weighted by atomic mass is 9.64. The van der Waals surface area contributed by atoms with Crippen molar-refractivity contribution < 1.29 is 13.2 Å². The molecule has 3 N–H and O–H groups in total. The summed E-state index contributed by atoms with van der Waals surface area (Å²) in [6.45, 7) is 0.503. The third-order valence-electron chi connectivity index (χ3n) is 4.78. The highest BCUT2D eigenvalue weighted by Gasteiger charge is 2.38. The van der Waals surface area contributed by atoms with Crippen LogP contribution in [0.5, 0.6) is 0 Å². The van der Waals surface area contributed by atoms with Gasteiger partial charge in [-0.2, -0.15) is 0 Å². The molecular weight excluding hydrogens is 360 g/mol. The average molecular weight is 379 g/mol. The van der Waals surface area contributed by atoms with Crippen LogP contribution in [-0.4, -0.2) is 20.9 Å². The Bertz CT molecular complexity index is 894. The van der Waals surface area contributed by atoms with E-state index in [0.29, 0.717) is 6.54 Å². The zero-order valence-electron chi connectivity index (χ0n) is 13.5. The standard InChI is InChI=1S/C18H19ClN2O3S/c19-15-8-7-13(11-16(15)25(20,23)24)17(22)21-12-18(9-4-10-18)14-5-2-1-3-6-14/h1-3,5-8,11H,4,9-10,12H2,(H,21,22)(H2,20,23,24). The Labute approximate surface area is 152 Å². The first-order valence-electron chi connectivity index (χ1n) is 7.98. The number of nitrogens with one attached hydrogen (secondary N) is 1. The van der Waals surface area contributed by atoms with Gasteiger partial charge in [0.05, 0.1) is 5.02 Å². The van der Waals surface area contributed by atoms with Gasteiger partial charge in [0.2, 0.25) is 10.0 Å². The quantitative estimate of drug-likeness (QED) is 0.838. The number of halogens is 1. The van der Waals surface area contributed by atoms with E-state index in [9.17, 15) is 13.2 Å². The van der Waals surface area contributed by atoms with Crippen LogP contribution < -0.4 is 10.5 Å². The van der Waals surface area contributed by atoms with Gasteiger partial charge in [-0.3, -0.25) is 4.79 Å². The second kappa shape index (κ2) is 6.78. The Hall–Kier alpha value is -1.89. The molecule has 0 heterocycles. The summed E-state index contributed by atoms with van der Waals surface area (Å²) < 4.78 is 23.1. The minimum atomic E-state index is -3.98. The molecule has 2 aromatic carbocycles. The van der Waals surface area contributed by atoms with Gasteiger partial charge in [-0.1, -0.05) is 48.4 Å². The molecule has 0 aliphatic heterocycles. The maximum absolute atomic E-state index is 12.5. The first-order valence-corrected chi connectivity index (χ1v) is 9.90. The van der Waals surface area contributed by atoms with Crippen molar-refractivity contribution in [3.8, 4) is 0 Å². The Morgan fingerprint density at radius 1 is 1.16 bits per heavy atom. The molecule has 5 nitrogen and oxygen atoms in total. The molecule has 0 spiro atoms. The van der Waals surface area contributed by atoms with E-state index in [-0.39, 0.29) is 26.8 Å². The van der Waals surface area contributed by atoms with Crippen LogP contribution in [0, 0.1) is 0 Å². The number of hydrogen-bond acceptors (Lipinski definition) is 3. The first kappa shape index (κ1) is 17.9. The molecule has 1 aliphatic carbocycles. The van der Waals surface area contributed by atoms with Gasteiger partial charge in [0, 0.05) is 17.5 Å². The molecule has 25 heavy (non-hydrogen) atoms. The van der Waals surface area contributed by atoms with E-state index in [1.165, 1.54) is 23.8 Å². The van der Waals surface area contributed by atoms with E-state index < -0.39 is 10.0 Å². The van der Waals surface area contributed by atoms with Gasteiger partial charge in [0.25, 0.3) is 5.91 Å². The molecule has 7 heteroatoms. The van der Waals surface area contributed by atoms with Crippen molar-refractivity contribution in [2.75, 3.05) is 6.54 Å². The maximum Gasteiger partial charge on any atom is 0.251 e. The van der Waals surface area contributed by atoms with E-state index in [2.05, 4.69) is 17.4 Å². The molecule has 132 valence electrons. The number of benzene rings is 2. The van der Waals surface area contributed by atoms with Crippen LogP contribution in [-0.2, 0) is 15.4 Å². The summed E-state index contributed by atoms with van der Waals surface area (Å²) in [6, 6.07) is 14.2. The van der Waals surface area contributed by atoms with Crippen LogP contribution in [0.3, 0.4) is 0 Å². The number of sulfonamides is 1. The minimum absolute atomic E-state index is 0.00111. The SMILES string of the molecule is NS(=O)(=O)c1cc(C(=O)NCC2(c3ccccc3)CCC2)ccc1Cl. The monoisotopic (exact) mass is 378 g/mol. The van der Waals surface area contributed by atoms with E-state index in [4.69, 9.17) is 16.7 Å². The fourth-order valence-electron chi connectivity index (χ4n) is 3.18. The number of carbonyl (C=O) groups is 1. The van der Waals surface area contributed by atoms with Crippen molar-refractivity contribution in [2.45, 2.75) is 29.6 Å². The van der Waals surface area contributed by atoms with Gasteiger partial charge >= 0.3 is 0 Å². The molecule has 1 fully saturated rings. The van der Waals surface area contributed by atoms with E-state index in [1.54, 1.807) is 0 Å². The van der Waals surface area contributed by atoms with Crippen molar-refractivity contribution in [3.63, 3.8) is 0 Å². The predicted molar refractivity (Wildman–Crippen MR) is 97.1 cm³/mol. The maximum atomic E-state index is 12.5. The summed E-state index contributed by atoms with van der Waals surface area (Å²) in [5.41, 5.74) is 1.38. The van der Waals surface area contributed by atoms with Crippen LogP contribution in [0.25, 0.3) is 0 Å². The molecule has 1 saturated carbocycles. The van der Waals surface area contributed by atoms with Gasteiger partial charge < -0.3 is 5.32 Å². The van der Waals surface area contributed by atoms with Crippen LogP contribution in [0.2, 0.25) is 5.02 Å². The Morgan fingerprint density at radius 3 is 2.40 bits per heavy atom. The van der Waals surface area contributed by atoms with Gasteiger partial charge in [0.1, 0.15) is 4.90 Å². The Balaban J connectivity index is 1.77. The highest BCUT2D eigenvalue weighted by Crippen LogP contribution is 2.43. The van der Waals surface area contributed by atoms with E-state index in [0.717, 1.165) is 19.3 Å². The molecule has 0 radical (unpaired) electrons. The number of hydrogen-bond donors (Lipinski definition) is 2. The summed E-state index contributed by atoms with van der Waals surface area (Å²) in [5, 5.41) is 8.05. The van der Waals surface area contributed by atoms with Crippen LogP contribution in [0.1, 0.15) is 35.2 Å². The van der Waals surface area contributed by atoms with Gasteiger partial charge in [-0.15, -0.1) is 0 Å². The molecule has 1 amide bonds. The van der Waals surface area contributed by atoms with Crippen molar-refractivity contribution in [1.82, 2.24) is 5.32 Å². The third kappa shape index (κ3) is 3.71. The van der Waals surface area contributed by atoms with Gasteiger partial charge in [-0.05, 0) is 36.6 Å². The van der Waals surface area contributed by atoms with Crippen molar-refractivity contribution in [2.24, 2.45) is 5.14 Å². The molecule has 0 saturated heterocycles. The smallest absolute Gasteiger partial charge is 0.251 e. The zero-order valence-corrected chi connectivity index (χ0v) is 15.1. The lowest BCUT2D eigenvalue weighted by molar-refractivity contribution is 0.0927. The highest BCUT2D eigenvalue weighted by molar-refractivity contribution is 7.89. The number of primary sulfonamides is 1. The van der Waals surface area contributed by atoms with Crippen LogP contribution >= 0.6 is 11.6 Å². The molecule has 1 aliphatic rings. The normalized spacial score (nSPS) is 16.1. The molecule has 0 aromatic heterocycles. The van der Waals surface area contributed by atoms with E-state index in [1.807, 2.05) is 18.2 Å². The third-order valence-corrected chi connectivity index (χ3v) is 6.18. The number of amides is 1. The molecular formula is C18H19ClN2O3S. The van der Waals surface area contributed by atoms with Crippen LogP contribution in [0.15, 0.2) is 53.4 Å². The zero-order chi connectivity index (χ0) is 18.1. The summed E-state index contributed by atoms with van der Waals surface area (Å²) in [4.78, 5) is 12.2. The molecule has 0 unspecified atom stereocenters. The summed E-state index contributed by atoms with van der Waals surface area (Å²) in [7, 11) is -3.98. The number of rotatable bonds is 5. The fraction of sp³-hybridized carbons (Fsp3) is 0.278. The second-order valence-corrected chi connectivity index (χ2v) is 8.31. The lowest BCUT2D eigenvalue weighted by Crippen LogP contribution is -2.45. The second-order valence-electron chi connectivity index (χ2n) is 6.37. The summed E-state index contributed by atoms with van der Waals surface area (Å²) >= 11 is 5.86. The average Bonchev–Trinajstić information content (AvgIpc) is 2.54.